The highest BCUT2D eigenvalue weighted by Gasteiger charge is 2.33. The highest BCUT2D eigenvalue weighted by atomic mass is 32.2. The molecule has 3 aromatic rings. The van der Waals surface area contributed by atoms with Crippen LogP contribution >= 0.6 is 11.3 Å². The molecular formula is C21H21N5O4S2. The molecule has 0 saturated carbocycles. The van der Waals surface area contributed by atoms with E-state index in [2.05, 4.69) is 10.4 Å². The first-order valence-electron chi connectivity index (χ1n) is 10.2. The predicted molar refractivity (Wildman–Crippen MR) is 120 cm³/mol. The van der Waals surface area contributed by atoms with Crippen LogP contribution in [0, 0.1) is 17.2 Å². The average Bonchev–Trinajstić information content (AvgIpc) is 3.25. The van der Waals surface area contributed by atoms with Crippen molar-refractivity contribution in [1.82, 2.24) is 14.0 Å². The fourth-order valence-electron chi connectivity index (χ4n) is 3.72. The summed E-state index contributed by atoms with van der Waals surface area (Å²) >= 11 is 1.45. The summed E-state index contributed by atoms with van der Waals surface area (Å²) in [6.45, 7) is 2.30. The molecule has 0 atom stereocenters. The van der Waals surface area contributed by atoms with Gasteiger partial charge in [-0.1, -0.05) is 19.1 Å². The maximum absolute atomic E-state index is 13.0. The standard InChI is InChI=1S/C21H21N5O4S2/c1-2-16-11-17-20(31-16)23-13-26(21(17)28)24-19(27)14-7-9-25(10-8-14)32(29,30)18-6-4-3-5-15(18)12-22/h3-6,11,13-14H,2,7-10H2,1H3,(H,24,27). The molecule has 0 spiro atoms. The lowest BCUT2D eigenvalue weighted by atomic mass is 9.98. The van der Waals surface area contributed by atoms with Gasteiger partial charge in [0.15, 0.2) is 0 Å². The molecule has 3 heterocycles. The Kier molecular flexibility index (Phi) is 6.10. The summed E-state index contributed by atoms with van der Waals surface area (Å²) in [6.07, 6.45) is 2.72. The first-order chi connectivity index (χ1) is 15.3. The molecule has 1 amide bonds. The molecule has 4 rings (SSSR count). The molecule has 9 nitrogen and oxygen atoms in total. The minimum Gasteiger partial charge on any atom is -0.273 e. The van der Waals surface area contributed by atoms with E-state index in [-0.39, 0.29) is 35.0 Å². The number of rotatable bonds is 5. The fourth-order valence-corrected chi connectivity index (χ4v) is 6.26. The second-order valence-electron chi connectivity index (χ2n) is 7.47. The molecule has 166 valence electrons. The second-order valence-corrected chi connectivity index (χ2v) is 10.5. The van der Waals surface area contributed by atoms with Gasteiger partial charge in [-0.25, -0.2) is 18.1 Å². The van der Waals surface area contributed by atoms with Crippen LogP contribution in [-0.4, -0.2) is 41.4 Å². The normalized spacial score (nSPS) is 15.5. The Labute approximate surface area is 188 Å². The van der Waals surface area contributed by atoms with Gasteiger partial charge in [0.2, 0.25) is 15.9 Å². The van der Waals surface area contributed by atoms with Gasteiger partial charge >= 0.3 is 0 Å². The summed E-state index contributed by atoms with van der Waals surface area (Å²) < 4.78 is 28.3. The zero-order valence-corrected chi connectivity index (χ0v) is 18.9. The molecule has 1 aliphatic rings. The van der Waals surface area contributed by atoms with Crippen molar-refractivity contribution in [2.45, 2.75) is 31.1 Å². The van der Waals surface area contributed by atoms with Gasteiger partial charge in [-0.15, -0.1) is 11.3 Å². The molecule has 1 fully saturated rings. The number of thiophene rings is 1. The van der Waals surface area contributed by atoms with Crippen molar-refractivity contribution in [1.29, 1.82) is 5.26 Å². The minimum atomic E-state index is -3.83. The highest BCUT2D eigenvalue weighted by molar-refractivity contribution is 7.89. The Hall–Kier alpha value is -3.07. The lowest BCUT2D eigenvalue weighted by Gasteiger charge is -2.30. The number of aryl methyl sites for hydroxylation is 1. The summed E-state index contributed by atoms with van der Waals surface area (Å²) in [6, 6.07) is 9.77. The van der Waals surface area contributed by atoms with Crippen LogP contribution in [0.15, 0.2) is 46.3 Å². The number of benzene rings is 1. The summed E-state index contributed by atoms with van der Waals surface area (Å²) in [5, 5.41) is 9.69. The van der Waals surface area contributed by atoms with Crippen LogP contribution in [0.3, 0.4) is 0 Å². The molecule has 0 aliphatic carbocycles. The Bertz CT molecular complexity index is 1380. The van der Waals surface area contributed by atoms with Gasteiger partial charge in [-0.3, -0.25) is 15.0 Å². The average molecular weight is 472 g/mol. The van der Waals surface area contributed by atoms with Crippen molar-refractivity contribution >= 4 is 37.5 Å². The number of carbonyl (C=O) groups is 1. The van der Waals surface area contributed by atoms with E-state index in [1.165, 1.54) is 34.1 Å². The van der Waals surface area contributed by atoms with Crippen LogP contribution in [0.2, 0.25) is 0 Å². The quantitative estimate of drug-likeness (QED) is 0.607. The number of amides is 1. The van der Waals surface area contributed by atoms with Gasteiger partial charge < -0.3 is 0 Å². The van der Waals surface area contributed by atoms with E-state index in [0.717, 1.165) is 16.0 Å². The van der Waals surface area contributed by atoms with E-state index < -0.39 is 15.9 Å². The van der Waals surface area contributed by atoms with E-state index in [0.29, 0.717) is 23.1 Å². The van der Waals surface area contributed by atoms with Gasteiger partial charge in [0.05, 0.1) is 15.8 Å². The third kappa shape index (κ3) is 4.04. The first-order valence-corrected chi connectivity index (χ1v) is 12.4. The highest BCUT2D eigenvalue weighted by Crippen LogP contribution is 2.26. The lowest BCUT2D eigenvalue weighted by molar-refractivity contribution is -0.121. The number of sulfonamides is 1. The van der Waals surface area contributed by atoms with Crippen LogP contribution in [0.25, 0.3) is 10.2 Å². The smallest absolute Gasteiger partial charge is 0.273 e. The van der Waals surface area contributed by atoms with Crippen molar-refractivity contribution in [2.75, 3.05) is 18.5 Å². The number of nitrogens with one attached hydrogen (secondary N) is 1. The van der Waals surface area contributed by atoms with E-state index >= 15 is 0 Å². The molecule has 1 aromatic carbocycles. The number of nitriles is 1. The predicted octanol–water partition coefficient (Wildman–Crippen LogP) is 2.06. The Balaban J connectivity index is 1.45. The number of nitrogens with zero attached hydrogens (tertiary/aromatic N) is 4. The van der Waals surface area contributed by atoms with E-state index in [1.54, 1.807) is 18.2 Å². The van der Waals surface area contributed by atoms with Crippen molar-refractivity contribution in [3.05, 3.63) is 57.5 Å². The molecule has 11 heteroatoms. The van der Waals surface area contributed by atoms with Crippen LogP contribution in [0.1, 0.15) is 30.2 Å². The van der Waals surface area contributed by atoms with Crippen LogP contribution in [0.5, 0.6) is 0 Å². The molecule has 0 radical (unpaired) electrons. The summed E-state index contributed by atoms with van der Waals surface area (Å²) in [7, 11) is -3.83. The number of piperidine rings is 1. The Morgan fingerprint density at radius 1 is 1.31 bits per heavy atom. The van der Waals surface area contributed by atoms with Crippen LogP contribution in [0.4, 0.5) is 0 Å². The number of fused-ring (bicyclic) bond motifs is 1. The largest absolute Gasteiger partial charge is 0.280 e. The van der Waals surface area contributed by atoms with Gasteiger partial charge in [0, 0.05) is 23.9 Å². The number of carbonyl (C=O) groups excluding carboxylic acids is 1. The van der Waals surface area contributed by atoms with Crippen molar-refractivity contribution in [3.63, 3.8) is 0 Å². The van der Waals surface area contributed by atoms with E-state index in [4.69, 9.17) is 0 Å². The monoisotopic (exact) mass is 471 g/mol. The number of hydrogen-bond donors (Lipinski definition) is 1. The van der Waals surface area contributed by atoms with Gasteiger partial charge in [-0.2, -0.15) is 9.57 Å². The molecule has 32 heavy (non-hydrogen) atoms. The molecule has 1 N–H and O–H groups in total. The Morgan fingerprint density at radius 3 is 2.72 bits per heavy atom. The first kappa shape index (κ1) is 22.1. The Morgan fingerprint density at radius 2 is 2.03 bits per heavy atom. The van der Waals surface area contributed by atoms with Gasteiger partial charge in [0.25, 0.3) is 5.56 Å². The van der Waals surface area contributed by atoms with Crippen molar-refractivity contribution in [3.8, 4) is 6.07 Å². The summed E-state index contributed by atoms with van der Waals surface area (Å²) in [5.41, 5.74) is 2.35. The number of aromatic nitrogens is 2. The topological polar surface area (TPSA) is 125 Å². The zero-order chi connectivity index (χ0) is 22.9. The van der Waals surface area contributed by atoms with E-state index in [9.17, 15) is 23.3 Å². The van der Waals surface area contributed by atoms with Crippen molar-refractivity contribution < 1.29 is 13.2 Å². The summed E-state index contributed by atoms with van der Waals surface area (Å²) in [5.74, 6) is -0.794. The maximum Gasteiger partial charge on any atom is 0.280 e. The molecule has 2 aromatic heterocycles. The van der Waals surface area contributed by atoms with Gasteiger partial charge in [-0.05, 0) is 37.5 Å². The van der Waals surface area contributed by atoms with Crippen LogP contribution in [-0.2, 0) is 21.2 Å². The molecule has 0 bridgehead atoms. The van der Waals surface area contributed by atoms with Crippen LogP contribution < -0.4 is 11.0 Å². The SMILES string of the molecule is CCc1cc2c(=O)n(NC(=O)C3CCN(S(=O)(=O)c4ccccc4C#N)CC3)cnc2s1. The molecule has 0 unspecified atom stereocenters. The fraction of sp³-hybridized carbons (Fsp3) is 0.333. The third-order valence-corrected chi connectivity index (χ3v) is 8.68. The molecule has 1 aliphatic heterocycles. The number of hydrogen-bond acceptors (Lipinski definition) is 7. The van der Waals surface area contributed by atoms with Crippen molar-refractivity contribution in [2.24, 2.45) is 5.92 Å². The lowest BCUT2D eigenvalue weighted by Crippen LogP contribution is -2.44. The maximum atomic E-state index is 13.0. The minimum absolute atomic E-state index is 0.0291. The summed E-state index contributed by atoms with van der Waals surface area (Å²) in [4.78, 5) is 31.3. The van der Waals surface area contributed by atoms with Gasteiger partial charge in [0.1, 0.15) is 17.2 Å². The molecule has 1 saturated heterocycles. The zero-order valence-electron chi connectivity index (χ0n) is 17.3. The third-order valence-electron chi connectivity index (χ3n) is 5.53. The van der Waals surface area contributed by atoms with E-state index in [1.807, 2.05) is 13.0 Å². The second kappa shape index (κ2) is 8.82. The molecular weight excluding hydrogens is 450 g/mol.